The molecule has 0 aromatic rings. The standard InChI is InChI=1S/C59H106O12S/c1-3-5-7-9-11-13-15-17-19-21-23-25-27-28-30-32-34-36-38-40-42-44-46-48-55(61)69-53(52-68-59-57(63)58(71-72(64,65)66)56(62)54(50-60)70-59)51-67-49-47-45-43-41-39-37-35-33-31-29-26-24-22-20-18-16-14-12-10-8-6-4-2/h6,8,12,14,18,20-21,23-24,26,53-54,56-60,62-63H,3-5,7,9-11,13,15-17,19,22,25,27-52H2,1-2H3,(H,64,65,66)/b8-6-,14-12-,20-18-,23-21-,26-24-. The maximum atomic E-state index is 13.0. The van der Waals surface area contributed by atoms with Gasteiger partial charge in [-0.1, -0.05) is 222 Å². The molecule has 0 saturated carbocycles. The molecular formula is C59H106O12S. The molecule has 6 atom stereocenters. The highest BCUT2D eigenvalue weighted by Gasteiger charge is 2.48. The van der Waals surface area contributed by atoms with Crippen molar-refractivity contribution in [1.29, 1.82) is 0 Å². The molecular weight excluding hydrogens is 933 g/mol. The van der Waals surface area contributed by atoms with E-state index in [4.69, 9.17) is 18.9 Å². The molecule has 6 unspecified atom stereocenters. The second-order valence-electron chi connectivity index (χ2n) is 19.8. The molecule has 0 amide bonds. The second-order valence-corrected chi connectivity index (χ2v) is 20.9. The number of ether oxygens (including phenoxy) is 4. The molecule has 420 valence electrons. The number of allylic oxidation sites excluding steroid dienone is 10. The van der Waals surface area contributed by atoms with Crippen LogP contribution in [0.1, 0.15) is 245 Å². The summed E-state index contributed by atoms with van der Waals surface area (Å²) in [6.45, 7) is 3.90. The lowest BCUT2D eigenvalue weighted by Crippen LogP contribution is -2.60. The van der Waals surface area contributed by atoms with Crippen molar-refractivity contribution >= 4 is 16.4 Å². The van der Waals surface area contributed by atoms with Gasteiger partial charge in [-0.2, -0.15) is 8.42 Å². The molecule has 1 saturated heterocycles. The summed E-state index contributed by atoms with van der Waals surface area (Å²) in [6.07, 6.45) is 55.4. The maximum Gasteiger partial charge on any atom is 0.397 e. The average Bonchev–Trinajstić information content (AvgIpc) is 3.36. The quantitative estimate of drug-likeness (QED) is 0.0196. The van der Waals surface area contributed by atoms with E-state index in [2.05, 4.69) is 78.8 Å². The van der Waals surface area contributed by atoms with Gasteiger partial charge >= 0.3 is 16.4 Å². The van der Waals surface area contributed by atoms with Crippen molar-refractivity contribution in [3.63, 3.8) is 0 Å². The number of aliphatic hydroxyl groups excluding tert-OH is 3. The molecule has 1 aliphatic heterocycles. The highest BCUT2D eigenvalue weighted by Crippen LogP contribution is 2.26. The topological polar surface area (TPSA) is 178 Å². The number of carbonyl (C=O) groups is 1. The average molecular weight is 1040 g/mol. The SMILES string of the molecule is CC/C=C\C/C=C\C/C=C\C/C=C\CCCCCCCCCCCOCC(COC1OC(CO)C(O)C(OS(=O)(=O)O)C1O)OC(=O)CCCCCCCCCCCCC/C=C\CCCCCCCCCC. The lowest BCUT2D eigenvalue weighted by atomic mass is 9.99. The van der Waals surface area contributed by atoms with Crippen molar-refractivity contribution in [2.24, 2.45) is 0 Å². The molecule has 1 rings (SSSR count). The summed E-state index contributed by atoms with van der Waals surface area (Å²) in [5, 5.41) is 30.8. The van der Waals surface area contributed by atoms with Crippen LogP contribution in [-0.4, -0.2) is 97.5 Å². The summed E-state index contributed by atoms with van der Waals surface area (Å²) >= 11 is 0. The number of hydrogen-bond acceptors (Lipinski definition) is 11. The number of carbonyl (C=O) groups excluding carboxylic acids is 1. The summed E-state index contributed by atoms with van der Waals surface area (Å²) in [6, 6.07) is 0. The van der Waals surface area contributed by atoms with Crippen molar-refractivity contribution < 1.29 is 56.2 Å². The molecule has 0 aliphatic carbocycles. The van der Waals surface area contributed by atoms with Crippen molar-refractivity contribution in [2.45, 2.75) is 282 Å². The van der Waals surface area contributed by atoms with Gasteiger partial charge in [0, 0.05) is 13.0 Å². The third-order valence-electron chi connectivity index (χ3n) is 13.1. The fourth-order valence-corrected chi connectivity index (χ4v) is 9.29. The first-order valence-corrected chi connectivity index (χ1v) is 30.4. The van der Waals surface area contributed by atoms with Gasteiger partial charge in [-0.15, -0.1) is 0 Å². The fourth-order valence-electron chi connectivity index (χ4n) is 8.78. The van der Waals surface area contributed by atoms with Crippen LogP contribution in [0.15, 0.2) is 60.8 Å². The van der Waals surface area contributed by atoms with E-state index in [0.717, 1.165) is 70.6 Å². The molecule has 4 N–H and O–H groups in total. The predicted octanol–water partition coefficient (Wildman–Crippen LogP) is 14.4. The third kappa shape index (κ3) is 42.1. The van der Waals surface area contributed by atoms with Crippen molar-refractivity contribution in [3.8, 4) is 0 Å². The molecule has 12 nitrogen and oxygen atoms in total. The highest BCUT2D eigenvalue weighted by atomic mass is 32.3. The molecule has 13 heteroatoms. The van der Waals surface area contributed by atoms with Crippen LogP contribution in [0.4, 0.5) is 0 Å². The number of rotatable bonds is 51. The Morgan fingerprint density at radius 1 is 0.542 bits per heavy atom. The van der Waals surface area contributed by atoms with Crippen LogP contribution in [0, 0.1) is 0 Å². The third-order valence-corrected chi connectivity index (χ3v) is 13.6. The Morgan fingerprint density at radius 2 is 0.958 bits per heavy atom. The molecule has 1 aliphatic rings. The van der Waals surface area contributed by atoms with Crippen LogP contribution in [-0.2, 0) is 38.3 Å². The van der Waals surface area contributed by atoms with E-state index in [9.17, 15) is 33.1 Å². The Hall–Kier alpha value is -2.20. The lowest BCUT2D eigenvalue weighted by Gasteiger charge is -2.41. The number of esters is 1. The molecule has 1 fully saturated rings. The van der Waals surface area contributed by atoms with Gasteiger partial charge in [-0.25, -0.2) is 4.18 Å². The summed E-state index contributed by atoms with van der Waals surface area (Å²) in [5.74, 6) is -0.401. The molecule has 0 aromatic carbocycles. The summed E-state index contributed by atoms with van der Waals surface area (Å²) in [5.41, 5.74) is 0. The Morgan fingerprint density at radius 3 is 1.42 bits per heavy atom. The predicted molar refractivity (Wildman–Crippen MR) is 294 cm³/mol. The van der Waals surface area contributed by atoms with E-state index in [-0.39, 0.29) is 19.6 Å². The van der Waals surface area contributed by atoms with E-state index in [1.54, 1.807) is 0 Å². The van der Waals surface area contributed by atoms with E-state index < -0.39 is 59.8 Å². The van der Waals surface area contributed by atoms with Crippen LogP contribution in [0.25, 0.3) is 0 Å². The second kappa shape index (κ2) is 49.7. The van der Waals surface area contributed by atoms with Gasteiger partial charge < -0.3 is 34.3 Å². The Kier molecular flexibility index (Phi) is 46.8. The van der Waals surface area contributed by atoms with Gasteiger partial charge in [0.1, 0.15) is 30.5 Å². The molecule has 0 aromatic heterocycles. The minimum absolute atomic E-state index is 0.0307. The number of hydrogen-bond donors (Lipinski definition) is 4. The lowest BCUT2D eigenvalue weighted by molar-refractivity contribution is -0.301. The molecule has 0 bridgehead atoms. The van der Waals surface area contributed by atoms with E-state index in [1.165, 1.54) is 148 Å². The van der Waals surface area contributed by atoms with E-state index in [0.29, 0.717) is 13.0 Å². The van der Waals surface area contributed by atoms with Crippen molar-refractivity contribution in [1.82, 2.24) is 0 Å². The first-order chi connectivity index (χ1) is 35.1. The number of unbranched alkanes of at least 4 members (excludes halogenated alkanes) is 28. The fraction of sp³-hybridized carbons (Fsp3) is 0.814. The Balaban J connectivity index is 2.30. The number of aliphatic hydroxyl groups is 3. The van der Waals surface area contributed by atoms with Gasteiger partial charge in [0.2, 0.25) is 0 Å². The molecule has 1 heterocycles. The van der Waals surface area contributed by atoms with Crippen LogP contribution >= 0.6 is 0 Å². The van der Waals surface area contributed by atoms with Gasteiger partial charge in [0.25, 0.3) is 0 Å². The molecule has 0 spiro atoms. The van der Waals surface area contributed by atoms with Crippen molar-refractivity contribution in [2.75, 3.05) is 26.4 Å². The Bertz CT molecular complexity index is 1480. The summed E-state index contributed by atoms with van der Waals surface area (Å²) in [4.78, 5) is 13.0. The van der Waals surface area contributed by atoms with Crippen LogP contribution in [0.5, 0.6) is 0 Å². The maximum absolute atomic E-state index is 13.0. The van der Waals surface area contributed by atoms with Crippen LogP contribution in [0.3, 0.4) is 0 Å². The van der Waals surface area contributed by atoms with Gasteiger partial charge in [0.05, 0.1) is 19.8 Å². The first-order valence-electron chi connectivity index (χ1n) is 29.0. The monoisotopic (exact) mass is 1040 g/mol. The smallest absolute Gasteiger partial charge is 0.397 e. The Labute approximate surface area is 439 Å². The normalized spacial score (nSPS) is 19.3. The van der Waals surface area contributed by atoms with Gasteiger partial charge in [0.15, 0.2) is 6.29 Å². The zero-order valence-corrected chi connectivity index (χ0v) is 46.3. The van der Waals surface area contributed by atoms with E-state index in [1.807, 2.05) is 0 Å². The van der Waals surface area contributed by atoms with E-state index >= 15 is 0 Å². The first kappa shape index (κ1) is 67.8. The zero-order chi connectivity index (χ0) is 52.4. The minimum Gasteiger partial charge on any atom is -0.457 e. The molecule has 0 radical (unpaired) electrons. The van der Waals surface area contributed by atoms with Crippen molar-refractivity contribution in [3.05, 3.63) is 60.8 Å². The largest absolute Gasteiger partial charge is 0.457 e. The van der Waals surface area contributed by atoms with Crippen LogP contribution < -0.4 is 0 Å². The summed E-state index contributed by atoms with van der Waals surface area (Å²) in [7, 11) is -5.07. The van der Waals surface area contributed by atoms with Gasteiger partial charge in [-0.05, 0) is 77.0 Å². The minimum atomic E-state index is -5.07. The summed E-state index contributed by atoms with van der Waals surface area (Å²) < 4.78 is 59.4. The zero-order valence-electron chi connectivity index (χ0n) is 45.5. The van der Waals surface area contributed by atoms with Gasteiger partial charge in [-0.3, -0.25) is 9.35 Å². The highest BCUT2D eigenvalue weighted by molar-refractivity contribution is 7.80. The van der Waals surface area contributed by atoms with Crippen LogP contribution in [0.2, 0.25) is 0 Å². The molecule has 72 heavy (non-hydrogen) atoms.